The van der Waals surface area contributed by atoms with Gasteiger partial charge in [-0.1, -0.05) is 15.9 Å². The zero-order valence-electron chi connectivity index (χ0n) is 11.8. The number of anilines is 1. The van der Waals surface area contributed by atoms with Gasteiger partial charge in [-0.3, -0.25) is 0 Å². The molecule has 2 rings (SSSR count). The molecule has 0 aromatic heterocycles. The van der Waals surface area contributed by atoms with Crippen molar-refractivity contribution in [3.63, 3.8) is 0 Å². The topological polar surface area (TPSA) is 55.5 Å². The summed E-state index contributed by atoms with van der Waals surface area (Å²) in [4.78, 5) is 0. The van der Waals surface area contributed by atoms with Crippen molar-refractivity contribution in [1.29, 1.82) is 0 Å². The molecule has 4 heteroatoms. The number of halogens is 1. The number of benzene rings is 2. The van der Waals surface area contributed by atoms with E-state index in [1.54, 1.807) is 13.2 Å². The fourth-order valence-corrected chi connectivity index (χ4v) is 2.66. The standard InChI is InChI=1S/C16H18BrNO2/c1-9-7-15(20-3)10(2)6-12(9)16(19)13-8-11(17)4-5-14(13)18/h4-8,16,19H,18H2,1-3H3. The Kier molecular flexibility index (Phi) is 4.35. The molecule has 0 aliphatic carbocycles. The minimum absolute atomic E-state index is 0.577. The highest BCUT2D eigenvalue weighted by Gasteiger charge is 2.17. The van der Waals surface area contributed by atoms with Gasteiger partial charge in [0.15, 0.2) is 0 Å². The van der Waals surface area contributed by atoms with Crippen molar-refractivity contribution < 1.29 is 9.84 Å². The second-order valence-corrected chi connectivity index (χ2v) is 5.77. The van der Waals surface area contributed by atoms with Crippen LogP contribution in [0.1, 0.15) is 28.4 Å². The molecule has 3 N–H and O–H groups in total. The Bertz CT molecular complexity index is 641. The van der Waals surface area contributed by atoms with E-state index >= 15 is 0 Å². The summed E-state index contributed by atoms with van der Waals surface area (Å²) < 4.78 is 6.19. The van der Waals surface area contributed by atoms with E-state index in [0.29, 0.717) is 11.3 Å². The lowest BCUT2D eigenvalue weighted by molar-refractivity contribution is 0.220. The largest absolute Gasteiger partial charge is 0.496 e. The quantitative estimate of drug-likeness (QED) is 0.840. The molecule has 0 amide bonds. The number of hydrogen-bond acceptors (Lipinski definition) is 3. The third-order valence-electron chi connectivity index (χ3n) is 3.42. The van der Waals surface area contributed by atoms with Crippen LogP contribution in [0.3, 0.4) is 0 Å². The molecule has 106 valence electrons. The molecular weight excluding hydrogens is 318 g/mol. The molecule has 3 nitrogen and oxygen atoms in total. The van der Waals surface area contributed by atoms with Crippen molar-refractivity contribution in [2.75, 3.05) is 12.8 Å². The van der Waals surface area contributed by atoms with Crippen LogP contribution in [-0.4, -0.2) is 12.2 Å². The van der Waals surface area contributed by atoms with Crippen LogP contribution >= 0.6 is 15.9 Å². The Morgan fingerprint density at radius 1 is 1.10 bits per heavy atom. The maximum Gasteiger partial charge on any atom is 0.122 e. The van der Waals surface area contributed by atoms with Gasteiger partial charge in [0.05, 0.1) is 7.11 Å². The molecule has 0 heterocycles. The summed E-state index contributed by atoms with van der Waals surface area (Å²) >= 11 is 3.41. The summed E-state index contributed by atoms with van der Waals surface area (Å²) in [6.45, 7) is 3.91. The molecule has 0 fully saturated rings. The molecule has 20 heavy (non-hydrogen) atoms. The fraction of sp³-hybridized carbons (Fsp3) is 0.250. The van der Waals surface area contributed by atoms with Gasteiger partial charge in [0, 0.05) is 15.7 Å². The maximum absolute atomic E-state index is 10.6. The Morgan fingerprint density at radius 3 is 2.45 bits per heavy atom. The highest BCUT2D eigenvalue weighted by atomic mass is 79.9. The first kappa shape index (κ1) is 14.9. The van der Waals surface area contributed by atoms with E-state index < -0.39 is 6.10 Å². The number of hydrogen-bond donors (Lipinski definition) is 2. The van der Waals surface area contributed by atoms with Crippen LogP contribution < -0.4 is 10.5 Å². The average Bonchev–Trinajstić information content (AvgIpc) is 2.42. The third-order valence-corrected chi connectivity index (χ3v) is 3.91. The normalized spacial score (nSPS) is 12.2. The van der Waals surface area contributed by atoms with E-state index in [1.807, 2.05) is 38.1 Å². The summed E-state index contributed by atoms with van der Waals surface area (Å²) in [6.07, 6.45) is -0.753. The molecule has 0 aliphatic heterocycles. The van der Waals surface area contributed by atoms with Gasteiger partial charge in [-0.2, -0.15) is 0 Å². The molecule has 2 aromatic rings. The van der Waals surface area contributed by atoms with Gasteiger partial charge >= 0.3 is 0 Å². The molecule has 0 spiro atoms. The molecule has 0 saturated heterocycles. The van der Waals surface area contributed by atoms with E-state index in [0.717, 1.165) is 26.9 Å². The molecule has 0 saturated carbocycles. The molecule has 0 bridgehead atoms. The Morgan fingerprint density at radius 2 is 1.80 bits per heavy atom. The predicted octanol–water partition coefficient (Wildman–Crippen LogP) is 3.74. The first-order valence-corrected chi connectivity index (χ1v) is 7.11. The zero-order chi connectivity index (χ0) is 14.9. The van der Waals surface area contributed by atoms with Gasteiger partial charge in [0.25, 0.3) is 0 Å². The minimum Gasteiger partial charge on any atom is -0.496 e. The van der Waals surface area contributed by atoms with Gasteiger partial charge in [-0.25, -0.2) is 0 Å². The summed E-state index contributed by atoms with van der Waals surface area (Å²) in [5.41, 5.74) is 10.0. The van der Waals surface area contributed by atoms with E-state index in [9.17, 15) is 5.11 Å². The monoisotopic (exact) mass is 335 g/mol. The number of aryl methyl sites for hydroxylation is 2. The Labute approximate surface area is 127 Å². The van der Waals surface area contributed by atoms with E-state index in [1.165, 1.54) is 0 Å². The molecule has 1 atom stereocenters. The van der Waals surface area contributed by atoms with Gasteiger partial charge in [-0.15, -0.1) is 0 Å². The van der Waals surface area contributed by atoms with Crippen LogP contribution in [0.5, 0.6) is 5.75 Å². The zero-order valence-corrected chi connectivity index (χ0v) is 13.4. The van der Waals surface area contributed by atoms with Crippen LogP contribution in [0.15, 0.2) is 34.8 Å². The molecular formula is C16H18BrNO2. The van der Waals surface area contributed by atoms with Crippen LogP contribution in [0, 0.1) is 13.8 Å². The number of ether oxygens (including phenoxy) is 1. The first-order valence-electron chi connectivity index (χ1n) is 6.32. The number of aliphatic hydroxyl groups excluding tert-OH is 1. The van der Waals surface area contributed by atoms with Gasteiger partial charge in [0.2, 0.25) is 0 Å². The Hall–Kier alpha value is -1.52. The molecule has 2 aromatic carbocycles. The van der Waals surface area contributed by atoms with E-state index in [4.69, 9.17) is 10.5 Å². The third kappa shape index (κ3) is 2.81. The lowest BCUT2D eigenvalue weighted by Gasteiger charge is -2.18. The minimum atomic E-state index is -0.753. The van der Waals surface area contributed by atoms with Crippen molar-refractivity contribution in [2.45, 2.75) is 20.0 Å². The van der Waals surface area contributed by atoms with Crippen molar-refractivity contribution >= 4 is 21.6 Å². The molecule has 0 radical (unpaired) electrons. The summed E-state index contributed by atoms with van der Waals surface area (Å²) in [5, 5.41) is 10.6. The fourth-order valence-electron chi connectivity index (χ4n) is 2.28. The summed E-state index contributed by atoms with van der Waals surface area (Å²) in [5.74, 6) is 0.820. The summed E-state index contributed by atoms with van der Waals surface area (Å²) in [7, 11) is 1.64. The summed E-state index contributed by atoms with van der Waals surface area (Å²) in [6, 6.07) is 9.37. The number of aliphatic hydroxyl groups is 1. The maximum atomic E-state index is 10.6. The van der Waals surface area contributed by atoms with Crippen LogP contribution in [-0.2, 0) is 0 Å². The second-order valence-electron chi connectivity index (χ2n) is 4.85. The van der Waals surface area contributed by atoms with Crippen LogP contribution in [0.2, 0.25) is 0 Å². The van der Waals surface area contributed by atoms with Crippen molar-refractivity contribution in [3.8, 4) is 5.75 Å². The second kappa shape index (κ2) is 5.85. The number of rotatable bonds is 3. The van der Waals surface area contributed by atoms with E-state index in [-0.39, 0.29) is 0 Å². The van der Waals surface area contributed by atoms with Crippen LogP contribution in [0.25, 0.3) is 0 Å². The van der Waals surface area contributed by atoms with Gasteiger partial charge < -0.3 is 15.6 Å². The average molecular weight is 336 g/mol. The van der Waals surface area contributed by atoms with Gasteiger partial charge in [0.1, 0.15) is 11.9 Å². The highest BCUT2D eigenvalue weighted by molar-refractivity contribution is 9.10. The highest BCUT2D eigenvalue weighted by Crippen LogP contribution is 2.33. The predicted molar refractivity (Wildman–Crippen MR) is 85.1 cm³/mol. The molecule has 0 aliphatic rings. The lowest BCUT2D eigenvalue weighted by atomic mass is 9.94. The number of methoxy groups -OCH3 is 1. The van der Waals surface area contributed by atoms with Crippen molar-refractivity contribution in [3.05, 3.63) is 57.1 Å². The SMILES string of the molecule is COc1cc(C)c(C(O)c2cc(Br)ccc2N)cc1C. The van der Waals surface area contributed by atoms with Crippen molar-refractivity contribution in [1.82, 2.24) is 0 Å². The lowest BCUT2D eigenvalue weighted by Crippen LogP contribution is -2.06. The smallest absolute Gasteiger partial charge is 0.122 e. The Balaban J connectivity index is 2.50. The van der Waals surface area contributed by atoms with Gasteiger partial charge in [-0.05, 0) is 60.9 Å². The number of nitrogens with two attached hydrogens (primary N) is 1. The molecule has 1 unspecified atom stereocenters. The first-order chi connectivity index (χ1) is 9.43. The van der Waals surface area contributed by atoms with Crippen LogP contribution in [0.4, 0.5) is 5.69 Å². The number of nitrogen functional groups attached to an aromatic ring is 1. The van der Waals surface area contributed by atoms with E-state index in [2.05, 4.69) is 15.9 Å². The van der Waals surface area contributed by atoms with Crippen molar-refractivity contribution in [2.24, 2.45) is 0 Å².